The summed E-state index contributed by atoms with van der Waals surface area (Å²) in [6.07, 6.45) is -1.07. The first-order valence-corrected chi connectivity index (χ1v) is 8.20. The number of rotatable bonds is 5. The highest BCUT2D eigenvalue weighted by molar-refractivity contribution is 6.31. The molecule has 0 aliphatic carbocycles. The van der Waals surface area contributed by atoms with Gasteiger partial charge in [-0.3, -0.25) is 5.10 Å². The number of amidine groups is 1. The Morgan fingerprint density at radius 3 is 2.81 bits per heavy atom. The van der Waals surface area contributed by atoms with E-state index in [0.29, 0.717) is 6.42 Å². The van der Waals surface area contributed by atoms with Crippen LogP contribution in [0, 0.1) is 5.82 Å². The first-order valence-electron chi connectivity index (χ1n) is 7.82. The zero-order chi connectivity index (χ0) is 18.9. The highest BCUT2D eigenvalue weighted by Gasteiger charge is 2.33. The molecule has 0 bridgehead atoms. The van der Waals surface area contributed by atoms with Crippen LogP contribution in [0.4, 0.5) is 18.9 Å². The molecular weight excluding hydrogens is 371 g/mol. The normalized spacial score (nSPS) is 21.2. The zero-order valence-corrected chi connectivity index (χ0v) is 14.5. The first kappa shape index (κ1) is 18.4. The average Bonchev–Trinajstić information content (AvgIpc) is 2.99. The molecule has 0 saturated carbocycles. The Hall–Kier alpha value is -2.42. The van der Waals surface area contributed by atoms with Crippen molar-refractivity contribution in [1.82, 2.24) is 10.2 Å². The summed E-state index contributed by atoms with van der Waals surface area (Å²) in [5, 5.41) is 8.94. The lowest BCUT2D eigenvalue weighted by Gasteiger charge is -2.30. The third-order valence-corrected chi connectivity index (χ3v) is 4.53. The molecule has 2 atom stereocenters. The van der Waals surface area contributed by atoms with Gasteiger partial charge in [0.15, 0.2) is 0 Å². The Bertz CT molecular complexity index is 828. The monoisotopic (exact) mass is 387 g/mol. The van der Waals surface area contributed by atoms with Crippen LogP contribution in [0.1, 0.15) is 30.6 Å². The summed E-state index contributed by atoms with van der Waals surface area (Å²) < 4.78 is 46.5. The molecule has 6 nitrogen and oxygen atoms in total. The molecule has 10 heteroatoms. The topological polar surface area (TPSA) is 88.3 Å². The molecule has 1 aliphatic heterocycles. The van der Waals surface area contributed by atoms with Gasteiger partial charge in [-0.25, -0.2) is 18.2 Å². The van der Waals surface area contributed by atoms with Crippen LogP contribution in [0.2, 0.25) is 5.02 Å². The van der Waals surface area contributed by atoms with E-state index in [-0.39, 0.29) is 34.6 Å². The lowest BCUT2D eigenvalue weighted by Crippen LogP contribution is -2.34. The number of anilines is 1. The highest BCUT2D eigenvalue weighted by atomic mass is 35.5. The summed E-state index contributed by atoms with van der Waals surface area (Å²) in [5.41, 5.74) is 5.15. The fourth-order valence-corrected chi connectivity index (χ4v) is 3.05. The number of alkyl halides is 2. The van der Waals surface area contributed by atoms with Crippen LogP contribution in [0.3, 0.4) is 0 Å². The van der Waals surface area contributed by atoms with Gasteiger partial charge in [0.1, 0.15) is 17.6 Å². The molecule has 1 aliphatic rings. The van der Waals surface area contributed by atoms with E-state index in [9.17, 15) is 13.2 Å². The third-order valence-electron chi connectivity index (χ3n) is 4.23. The Morgan fingerprint density at radius 2 is 2.19 bits per heavy atom. The van der Waals surface area contributed by atoms with Gasteiger partial charge in [-0.1, -0.05) is 11.6 Å². The number of hydrogen-bond donors (Lipinski definition) is 3. The molecule has 26 heavy (non-hydrogen) atoms. The molecule has 0 fully saturated rings. The van der Waals surface area contributed by atoms with Gasteiger partial charge in [0.2, 0.25) is 0 Å². The molecule has 4 N–H and O–H groups in total. The van der Waals surface area contributed by atoms with Crippen LogP contribution in [0.5, 0.6) is 0 Å². The van der Waals surface area contributed by atoms with E-state index in [2.05, 4.69) is 20.5 Å². The summed E-state index contributed by atoms with van der Waals surface area (Å²) in [6.45, 7) is 1.99. The van der Waals surface area contributed by atoms with Crippen molar-refractivity contribution in [2.45, 2.75) is 31.4 Å². The molecule has 2 aromatic rings. The molecule has 2 heterocycles. The maximum Gasteiger partial charge on any atom is 0.282 e. The fraction of sp³-hybridized carbons (Fsp3) is 0.375. The van der Waals surface area contributed by atoms with Crippen molar-refractivity contribution in [3.8, 4) is 0 Å². The van der Waals surface area contributed by atoms with Crippen molar-refractivity contribution < 1.29 is 17.9 Å². The van der Waals surface area contributed by atoms with Gasteiger partial charge >= 0.3 is 0 Å². The SMILES string of the molecule is C[C@@]1(c2cc(NC(c3n[nH]cc3Cl)C(F)F)ccc2F)CCOC(N)=N1. The van der Waals surface area contributed by atoms with Gasteiger partial charge in [0.25, 0.3) is 12.4 Å². The molecular formula is C16H17ClF3N5O. The maximum atomic E-state index is 14.4. The summed E-state index contributed by atoms with van der Waals surface area (Å²) in [6, 6.07) is 2.50. The molecule has 1 aromatic heterocycles. The summed E-state index contributed by atoms with van der Waals surface area (Å²) >= 11 is 5.89. The molecule has 3 rings (SSSR count). The number of aromatic amines is 1. The van der Waals surface area contributed by atoms with Crippen LogP contribution in [-0.4, -0.2) is 29.3 Å². The number of nitrogens with one attached hydrogen (secondary N) is 2. The molecule has 0 spiro atoms. The van der Waals surface area contributed by atoms with Crippen molar-refractivity contribution in [1.29, 1.82) is 0 Å². The van der Waals surface area contributed by atoms with E-state index in [1.165, 1.54) is 24.4 Å². The Labute approximate surface area is 152 Å². The number of aromatic nitrogens is 2. The quantitative estimate of drug-likeness (QED) is 0.731. The van der Waals surface area contributed by atoms with Crippen LogP contribution in [-0.2, 0) is 10.3 Å². The highest BCUT2D eigenvalue weighted by Crippen LogP contribution is 2.36. The zero-order valence-electron chi connectivity index (χ0n) is 13.8. The van der Waals surface area contributed by atoms with Gasteiger partial charge in [-0.05, 0) is 25.1 Å². The Kier molecular flexibility index (Phi) is 4.99. The Balaban J connectivity index is 1.94. The van der Waals surface area contributed by atoms with E-state index < -0.39 is 23.8 Å². The molecule has 0 amide bonds. The predicted octanol–water partition coefficient (Wildman–Crippen LogP) is 3.57. The molecule has 0 saturated heterocycles. The number of aliphatic imine (C=N–C) groups is 1. The maximum absolute atomic E-state index is 14.4. The lowest BCUT2D eigenvalue weighted by molar-refractivity contribution is 0.123. The van der Waals surface area contributed by atoms with Gasteiger partial charge < -0.3 is 15.8 Å². The number of nitrogens with two attached hydrogens (primary N) is 1. The molecule has 1 aromatic carbocycles. The minimum Gasteiger partial charge on any atom is -0.465 e. The van der Waals surface area contributed by atoms with E-state index in [1.54, 1.807) is 6.92 Å². The third kappa shape index (κ3) is 3.57. The van der Waals surface area contributed by atoms with Crippen molar-refractivity contribution in [3.05, 3.63) is 46.5 Å². The van der Waals surface area contributed by atoms with Crippen LogP contribution in [0.15, 0.2) is 29.4 Å². The van der Waals surface area contributed by atoms with Gasteiger partial charge in [0.05, 0.1) is 17.2 Å². The summed E-state index contributed by atoms with van der Waals surface area (Å²) in [4.78, 5) is 4.18. The minimum atomic E-state index is -2.78. The number of hydrogen-bond acceptors (Lipinski definition) is 5. The minimum absolute atomic E-state index is 0.0212. The van der Waals surface area contributed by atoms with Crippen molar-refractivity contribution >= 4 is 23.3 Å². The smallest absolute Gasteiger partial charge is 0.282 e. The Morgan fingerprint density at radius 1 is 1.42 bits per heavy atom. The molecule has 1 unspecified atom stereocenters. The average molecular weight is 388 g/mol. The number of nitrogens with zero attached hydrogens (tertiary/aromatic N) is 2. The predicted molar refractivity (Wildman–Crippen MR) is 91.9 cm³/mol. The van der Waals surface area contributed by atoms with Crippen LogP contribution < -0.4 is 11.1 Å². The van der Waals surface area contributed by atoms with Crippen LogP contribution in [0.25, 0.3) is 0 Å². The largest absolute Gasteiger partial charge is 0.465 e. The van der Waals surface area contributed by atoms with Gasteiger partial charge in [-0.2, -0.15) is 5.10 Å². The van der Waals surface area contributed by atoms with E-state index in [4.69, 9.17) is 22.1 Å². The number of halogens is 4. The fourth-order valence-electron chi connectivity index (χ4n) is 2.84. The van der Waals surface area contributed by atoms with Crippen molar-refractivity contribution in [3.63, 3.8) is 0 Å². The van der Waals surface area contributed by atoms with Crippen LogP contribution >= 0.6 is 11.6 Å². The standard InChI is InChI=1S/C16H17ClF3N5O/c1-16(4-5-26-15(21)24-16)9-6-8(2-3-11(9)18)23-13(14(19)20)12-10(17)7-22-25-12/h2-3,6-7,13-14,23H,4-5H2,1H3,(H2,21,24)(H,22,25)/t13?,16-/m0/s1. The first-order chi connectivity index (χ1) is 12.3. The number of benzene rings is 1. The second-order valence-corrected chi connectivity index (χ2v) is 6.50. The molecule has 0 radical (unpaired) electrons. The lowest BCUT2D eigenvalue weighted by atomic mass is 9.88. The molecule has 140 valence electrons. The van der Waals surface area contributed by atoms with Crippen molar-refractivity contribution in [2.24, 2.45) is 10.7 Å². The van der Waals surface area contributed by atoms with Gasteiger partial charge in [0, 0.05) is 23.9 Å². The second-order valence-electron chi connectivity index (χ2n) is 6.09. The van der Waals surface area contributed by atoms with E-state index in [1.807, 2.05) is 0 Å². The van der Waals surface area contributed by atoms with Gasteiger partial charge in [-0.15, -0.1) is 0 Å². The summed E-state index contributed by atoms with van der Waals surface area (Å²) in [7, 11) is 0. The number of H-pyrrole nitrogens is 1. The number of ether oxygens (including phenoxy) is 1. The van der Waals surface area contributed by atoms with Crippen molar-refractivity contribution in [2.75, 3.05) is 11.9 Å². The second kappa shape index (κ2) is 7.06. The van der Waals surface area contributed by atoms with E-state index in [0.717, 1.165) is 0 Å². The van der Waals surface area contributed by atoms with E-state index >= 15 is 0 Å². The summed E-state index contributed by atoms with van der Waals surface area (Å²) in [5.74, 6) is -0.511.